The number of nitrogens with two attached hydrogens (primary N) is 1. The van der Waals surface area contributed by atoms with Gasteiger partial charge in [0.05, 0.1) is 19.6 Å². The SMILES string of the molecule is Nc1c(C(=O)CN2CCCCC2)c(=O)n(Cc2ccc(F)cc2)c(=O)n1Cc1ccc(P)cc1.O=CN1CCCCC1. The average molecular weight is 596 g/mol. The number of aromatic nitrogens is 2. The molecule has 1 amide bonds. The molecule has 0 radical (unpaired) electrons. The first kappa shape index (κ1) is 31.3. The minimum atomic E-state index is -0.717. The topological polar surface area (TPSA) is 111 Å². The van der Waals surface area contributed by atoms with Gasteiger partial charge in [-0.05, 0) is 73.8 Å². The van der Waals surface area contributed by atoms with Gasteiger partial charge in [-0.1, -0.05) is 42.8 Å². The van der Waals surface area contributed by atoms with E-state index in [0.717, 1.165) is 67.3 Å². The highest BCUT2D eigenvalue weighted by Gasteiger charge is 2.25. The van der Waals surface area contributed by atoms with E-state index in [4.69, 9.17) is 5.73 Å². The zero-order valence-electron chi connectivity index (χ0n) is 23.8. The van der Waals surface area contributed by atoms with Crippen molar-refractivity contribution in [3.8, 4) is 0 Å². The van der Waals surface area contributed by atoms with Crippen molar-refractivity contribution in [2.24, 2.45) is 0 Å². The molecule has 0 spiro atoms. The number of hydrogen-bond donors (Lipinski definition) is 1. The van der Waals surface area contributed by atoms with Crippen LogP contribution in [-0.2, 0) is 17.9 Å². The molecule has 2 aromatic carbocycles. The van der Waals surface area contributed by atoms with Crippen molar-refractivity contribution < 1.29 is 14.0 Å². The number of nitrogen functional groups attached to an aromatic ring is 1. The molecule has 0 bridgehead atoms. The summed E-state index contributed by atoms with van der Waals surface area (Å²) in [6, 6.07) is 13.0. The normalized spacial score (nSPS) is 15.5. The van der Waals surface area contributed by atoms with Crippen molar-refractivity contribution in [1.82, 2.24) is 18.9 Å². The first-order valence-electron chi connectivity index (χ1n) is 14.4. The van der Waals surface area contributed by atoms with Crippen molar-refractivity contribution in [3.63, 3.8) is 0 Å². The first-order valence-corrected chi connectivity index (χ1v) is 15.0. The van der Waals surface area contributed by atoms with E-state index in [1.165, 1.54) is 48.1 Å². The zero-order chi connectivity index (χ0) is 30.1. The van der Waals surface area contributed by atoms with Gasteiger partial charge in [-0.25, -0.2) is 9.18 Å². The van der Waals surface area contributed by atoms with Crippen LogP contribution in [0.5, 0.6) is 0 Å². The number of nitrogens with zero attached hydrogens (tertiary/aromatic N) is 4. The largest absolute Gasteiger partial charge is 0.384 e. The van der Waals surface area contributed by atoms with Gasteiger partial charge < -0.3 is 10.6 Å². The summed E-state index contributed by atoms with van der Waals surface area (Å²) >= 11 is 0. The highest BCUT2D eigenvalue weighted by molar-refractivity contribution is 7.27. The number of rotatable bonds is 8. The molecular weight excluding hydrogens is 556 g/mol. The van der Waals surface area contributed by atoms with Crippen molar-refractivity contribution in [2.75, 3.05) is 38.5 Å². The Hall–Kier alpha value is -3.62. The Morgan fingerprint density at radius 3 is 1.88 bits per heavy atom. The fourth-order valence-electron chi connectivity index (χ4n) is 5.27. The van der Waals surface area contributed by atoms with Crippen LogP contribution in [0.25, 0.3) is 0 Å². The van der Waals surface area contributed by atoms with Gasteiger partial charge >= 0.3 is 5.69 Å². The average Bonchev–Trinajstić information content (AvgIpc) is 3.00. The highest BCUT2D eigenvalue weighted by atomic mass is 31.0. The predicted octanol–water partition coefficient (Wildman–Crippen LogP) is 2.63. The van der Waals surface area contributed by atoms with Crippen LogP contribution in [0.4, 0.5) is 10.2 Å². The lowest BCUT2D eigenvalue weighted by Crippen LogP contribution is -2.46. The Bertz CT molecular complexity index is 1480. The van der Waals surface area contributed by atoms with Gasteiger partial charge in [-0.15, -0.1) is 9.24 Å². The number of carbonyl (C=O) groups is 2. The van der Waals surface area contributed by atoms with Crippen LogP contribution in [0.1, 0.15) is 60.0 Å². The van der Waals surface area contributed by atoms with E-state index < -0.39 is 22.8 Å². The van der Waals surface area contributed by atoms with Crippen LogP contribution in [0.2, 0.25) is 0 Å². The molecule has 0 saturated carbocycles. The van der Waals surface area contributed by atoms with Crippen LogP contribution in [-0.4, -0.2) is 63.9 Å². The second-order valence-corrected chi connectivity index (χ2v) is 11.5. The van der Waals surface area contributed by atoms with Crippen molar-refractivity contribution in [2.45, 2.75) is 51.6 Å². The third-order valence-electron chi connectivity index (χ3n) is 7.68. The molecular formula is C31H39FN5O4P. The molecule has 11 heteroatoms. The van der Waals surface area contributed by atoms with Gasteiger partial charge in [0, 0.05) is 13.1 Å². The Kier molecular flexibility index (Phi) is 11.2. The number of benzene rings is 2. The Balaban J connectivity index is 0.000000437. The summed E-state index contributed by atoms with van der Waals surface area (Å²) in [4.78, 5) is 53.9. The maximum atomic E-state index is 13.4. The smallest absolute Gasteiger partial charge is 0.333 e. The maximum absolute atomic E-state index is 13.4. The molecule has 2 aliphatic rings. The molecule has 1 aromatic heterocycles. The van der Waals surface area contributed by atoms with Crippen LogP contribution < -0.4 is 22.3 Å². The molecule has 42 heavy (non-hydrogen) atoms. The summed E-state index contributed by atoms with van der Waals surface area (Å²) in [6.45, 7) is 3.63. The van der Waals surface area contributed by atoms with Gasteiger partial charge in [0.2, 0.25) is 6.41 Å². The molecule has 2 N–H and O–H groups in total. The maximum Gasteiger partial charge on any atom is 0.333 e. The van der Waals surface area contributed by atoms with E-state index in [1.54, 1.807) is 0 Å². The second-order valence-electron chi connectivity index (χ2n) is 10.9. The molecule has 2 fully saturated rings. The first-order chi connectivity index (χ1) is 20.3. The van der Waals surface area contributed by atoms with E-state index in [9.17, 15) is 23.6 Å². The van der Waals surface area contributed by atoms with Gasteiger partial charge in [0.15, 0.2) is 5.78 Å². The van der Waals surface area contributed by atoms with Crippen LogP contribution in [0.15, 0.2) is 58.1 Å². The standard InChI is InChI=1S/C25H28FN4O3P.C6H11NO/c26-19-8-4-17(5-9-19)15-30-24(32)22(21(31)16-28-12-2-1-3-13-28)23(27)29(25(30)33)14-18-6-10-20(34)11-7-18;8-6-7-4-2-1-3-5-7/h4-11H,1-3,12-16,27,34H2;6H,1-5H2. The lowest BCUT2D eigenvalue weighted by Gasteiger charge is -2.26. The van der Waals surface area contributed by atoms with Crippen molar-refractivity contribution in [3.05, 3.63) is 91.9 Å². The van der Waals surface area contributed by atoms with Gasteiger partial charge in [-0.2, -0.15) is 0 Å². The van der Waals surface area contributed by atoms with Gasteiger partial charge in [0.1, 0.15) is 17.2 Å². The van der Waals surface area contributed by atoms with Crippen LogP contribution in [0, 0.1) is 5.82 Å². The Labute approximate surface area is 247 Å². The molecule has 3 heterocycles. The summed E-state index contributed by atoms with van der Waals surface area (Å²) in [5.74, 6) is -0.936. The number of ketones is 1. The Morgan fingerprint density at radius 2 is 1.33 bits per heavy atom. The Morgan fingerprint density at radius 1 is 0.810 bits per heavy atom. The number of hydrogen-bond acceptors (Lipinski definition) is 6. The van der Waals surface area contributed by atoms with E-state index in [2.05, 4.69) is 9.24 Å². The molecule has 0 aliphatic carbocycles. The molecule has 3 aromatic rings. The number of piperidine rings is 2. The molecule has 2 aliphatic heterocycles. The quantitative estimate of drug-likeness (QED) is 0.244. The molecule has 1 atom stereocenters. The van der Waals surface area contributed by atoms with Crippen molar-refractivity contribution >= 4 is 32.6 Å². The summed E-state index contributed by atoms with van der Waals surface area (Å²) in [6.07, 6.45) is 7.75. The third-order valence-corrected chi connectivity index (χ3v) is 8.06. The van der Waals surface area contributed by atoms with E-state index in [0.29, 0.717) is 5.56 Å². The third kappa shape index (κ3) is 8.23. The molecule has 224 valence electrons. The molecule has 5 rings (SSSR count). The second kappa shape index (κ2) is 15.0. The number of likely N-dealkylation sites (tertiary alicyclic amines) is 2. The van der Waals surface area contributed by atoms with E-state index >= 15 is 0 Å². The van der Waals surface area contributed by atoms with E-state index in [-0.39, 0.29) is 31.0 Å². The minimum Gasteiger partial charge on any atom is -0.384 e. The summed E-state index contributed by atoms with van der Waals surface area (Å²) in [7, 11) is 2.60. The summed E-state index contributed by atoms with van der Waals surface area (Å²) in [5, 5.41) is 0.989. The number of Topliss-reactive ketones (excluding diaryl/α,β-unsaturated/α-hetero) is 1. The summed E-state index contributed by atoms with van der Waals surface area (Å²) < 4.78 is 15.6. The fraction of sp³-hybridized carbons (Fsp3) is 0.419. The predicted molar refractivity (Wildman–Crippen MR) is 166 cm³/mol. The zero-order valence-corrected chi connectivity index (χ0v) is 25.0. The lowest BCUT2D eigenvalue weighted by atomic mass is 10.1. The molecule has 2 saturated heterocycles. The monoisotopic (exact) mass is 595 g/mol. The summed E-state index contributed by atoms with van der Waals surface area (Å²) in [5.41, 5.74) is 6.18. The fourth-order valence-corrected chi connectivity index (χ4v) is 5.46. The molecule has 9 nitrogen and oxygen atoms in total. The molecule has 1 unspecified atom stereocenters. The van der Waals surface area contributed by atoms with Crippen LogP contribution >= 0.6 is 9.24 Å². The van der Waals surface area contributed by atoms with Gasteiger partial charge in [-0.3, -0.25) is 28.4 Å². The van der Waals surface area contributed by atoms with Crippen LogP contribution in [0.3, 0.4) is 0 Å². The van der Waals surface area contributed by atoms with Gasteiger partial charge in [0.25, 0.3) is 5.56 Å². The van der Waals surface area contributed by atoms with E-state index in [1.807, 2.05) is 34.1 Å². The number of anilines is 1. The number of amides is 1. The van der Waals surface area contributed by atoms with Crippen molar-refractivity contribution in [1.29, 1.82) is 0 Å². The highest BCUT2D eigenvalue weighted by Crippen LogP contribution is 2.14. The number of carbonyl (C=O) groups excluding carboxylic acids is 2. The lowest BCUT2D eigenvalue weighted by molar-refractivity contribution is -0.118. The minimum absolute atomic E-state index is 0.0793. The number of halogens is 1.